The standard InChI is InChI=1S/C33H46N6O10/c1-37(2)10-6-9-34-31(45)23-13-19(17-39(23)33-30(44)29(43)28(42)26(18-40)49-33)36-27(41)8-5-12-48-25-15-22-21(14-24(25)47-3)32(46)38-11-4-7-20(38)16-35-22/h13-17,20,26,28-30,33,40,42-44H,4-12,18H2,1-3H3,(H,34,45)(H,36,41)/t20-,26-,28-,29+,30-,33+/m1/s1. The third kappa shape index (κ3) is 8.22. The predicted molar refractivity (Wildman–Crippen MR) is 178 cm³/mol. The fourth-order valence-electron chi connectivity index (χ4n) is 6.20. The number of methoxy groups -OCH3 is 1. The Morgan fingerprint density at radius 2 is 1.90 bits per heavy atom. The molecule has 3 aliphatic heterocycles. The highest BCUT2D eigenvalue weighted by Crippen LogP contribution is 2.38. The van der Waals surface area contributed by atoms with Gasteiger partial charge in [0.2, 0.25) is 5.91 Å². The first-order valence-corrected chi connectivity index (χ1v) is 16.5. The number of aromatic nitrogens is 1. The number of aliphatic hydroxyl groups is 4. The summed E-state index contributed by atoms with van der Waals surface area (Å²) in [6.07, 6.45) is -1.38. The van der Waals surface area contributed by atoms with Crippen molar-refractivity contribution in [3.05, 3.63) is 35.7 Å². The van der Waals surface area contributed by atoms with Crippen molar-refractivity contribution in [1.29, 1.82) is 0 Å². The van der Waals surface area contributed by atoms with E-state index >= 15 is 0 Å². The largest absolute Gasteiger partial charge is 0.493 e. The van der Waals surface area contributed by atoms with E-state index in [0.717, 1.165) is 19.4 Å². The van der Waals surface area contributed by atoms with Gasteiger partial charge in [0.25, 0.3) is 11.8 Å². The van der Waals surface area contributed by atoms with Gasteiger partial charge in [0.05, 0.1) is 43.3 Å². The molecule has 1 aromatic carbocycles. The summed E-state index contributed by atoms with van der Waals surface area (Å²) in [6.45, 7) is 1.30. The molecular weight excluding hydrogens is 640 g/mol. The number of nitrogens with zero attached hydrogens (tertiary/aromatic N) is 4. The molecule has 3 amide bonds. The number of hydrogen-bond acceptors (Lipinski definition) is 12. The Morgan fingerprint density at radius 3 is 2.63 bits per heavy atom. The van der Waals surface area contributed by atoms with Crippen LogP contribution in [-0.4, -0.2) is 143 Å². The number of fused-ring (bicyclic) bond motifs is 2. The van der Waals surface area contributed by atoms with Crippen molar-refractivity contribution in [2.75, 3.05) is 59.4 Å². The van der Waals surface area contributed by atoms with E-state index in [-0.39, 0.29) is 42.3 Å². The minimum Gasteiger partial charge on any atom is -0.493 e. The summed E-state index contributed by atoms with van der Waals surface area (Å²) in [4.78, 5) is 47.6. The van der Waals surface area contributed by atoms with E-state index in [9.17, 15) is 34.8 Å². The quantitative estimate of drug-likeness (QED) is 0.149. The van der Waals surface area contributed by atoms with Gasteiger partial charge in [-0.15, -0.1) is 0 Å². The monoisotopic (exact) mass is 686 g/mol. The molecule has 2 aromatic rings. The zero-order valence-electron chi connectivity index (χ0n) is 27.9. The normalized spacial score (nSPS) is 24.7. The Balaban J connectivity index is 1.23. The van der Waals surface area contributed by atoms with Crippen LogP contribution in [0.3, 0.4) is 0 Å². The second-order valence-corrected chi connectivity index (χ2v) is 12.7. The van der Waals surface area contributed by atoms with Crippen LogP contribution in [0.2, 0.25) is 0 Å². The molecule has 2 saturated heterocycles. The number of carbonyl (C=O) groups is 3. The van der Waals surface area contributed by atoms with Gasteiger partial charge in [-0.2, -0.15) is 0 Å². The Morgan fingerprint density at radius 1 is 1.10 bits per heavy atom. The van der Waals surface area contributed by atoms with Gasteiger partial charge < -0.3 is 59.6 Å². The first-order valence-electron chi connectivity index (χ1n) is 16.5. The summed E-state index contributed by atoms with van der Waals surface area (Å²) in [5, 5.41) is 46.6. The summed E-state index contributed by atoms with van der Waals surface area (Å²) in [5.41, 5.74) is 1.21. The number of aliphatic imine (C=N–C) groups is 1. The van der Waals surface area contributed by atoms with Crippen LogP contribution in [0.1, 0.15) is 59.2 Å². The van der Waals surface area contributed by atoms with Crippen molar-refractivity contribution in [1.82, 2.24) is 19.7 Å². The molecule has 16 heteroatoms. The lowest BCUT2D eigenvalue weighted by Gasteiger charge is -2.40. The molecule has 2 fully saturated rings. The molecule has 268 valence electrons. The maximum Gasteiger partial charge on any atom is 0.268 e. The number of benzene rings is 1. The second-order valence-electron chi connectivity index (χ2n) is 12.7. The smallest absolute Gasteiger partial charge is 0.268 e. The first kappa shape index (κ1) is 36.2. The van der Waals surface area contributed by atoms with Gasteiger partial charge in [0.1, 0.15) is 30.1 Å². The molecule has 0 aliphatic carbocycles. The maximum atomic E-state index is 13.2. The number of anilines is 1. The van der Waals surface area contributed by atoms with Crippen LogP contribution < -0.4 is 20.1 Å². The molecule has 4 heterocycles. The summed E-state index contributed by atoms with van der Waals surface area (Å²) in [6, 6.07) is 4.69. The van der Waals surface area contributed by atoms with Gasteiger partial charge in [0, 0.05) is 38.0 Å². The Kier molecular flexibility index (Phi) is 11.9. The molecule has 0 saturated carbocycles. The lowest BCUT2D eigenvalue weighted by molar-refractivity contribution is -0.251. The zero-order valence-corrected chi connectivity index (χ0v) is 27.9. The van der Waals surface area contributed by atoms with Crippen molar-refractivity contribution in [2.45, 2.75) is 68.8 Å². The predicted octanol–water partition coefficient (Wildman–Crippen LogP) is 0.269. The molecular formula is C33H46N6O10. The van der Waals surface area contributed by atoms with E-state index in [0.29, 0.717) is 48.7 Å². The molecule has 3 aliphatic rings. The van der Waals surface area contributed by atoms with Crippen LogP contribution >= 0.6 is 0 Å². The lowest BCUT2D eigenvalue weighted by Crippen LogP contribution is -2.56. The van der Waals surface area contributed by atoms with Crippen molar-refractivity contribution < 1.29 is 49.0 Å². The minimum atomic E-state index is -1.66. The molecule has 6 atom stereocenters. The summed E-state index contributed by atoms with van der Waals surface area (Å²) in [7, 11) is 5.32. The van der Waals surface area contributed by atoms with Crippen LogP contribution in [0.25, 0.3) is 0 Å². The Hall–Kier alpha value is -4.06. The van der Waals surface area contributed by atoms with Crippen LogP contribution in [0.4, 0.5) is 11.4 Å². The van der Waals surface area contributed by atoms with E-state index in [4.69, 9.17) is 14.2 Å². The molecule has 0 radical (unpaired) electrons. The highest BCUT2D eigenvalue weighted by molar-refractivity contribution is 6.03. The fraction of sp³-hybridized carbons (Fsp3) is 0.576. The molecule has 5 rings (SSSR count). The average molecular weight is 687 g/mol. The summed E-state index contributed by atoms with van der Waals surface area (Å²) in [5.74, 6) is -0.206. The molecule has 1 aromatic heterocycles. The number of ether oxygens (including phenoxy) is 3. The van der Waals surface area contributed by atoms with Gasteiger partial charge in [0.15, 0.2) is 17.7 Å². The minimum absolute atomic E-state index is 0.0264. The van der Waals surface area contributed by atoms with Crippen molar-refractivity contribution in [2.24, 2.45) is 4.99 Å². The zero-order chi connectivity index (χ0) is 35.2. The summed E-state index contributed by atoms with van der Waals surface area (Å²) >= 11 is 0. The number of carbonyl (C=O) groups excluding carboxylic acids is 3. The van der Waals surface area contributed by atoms with E-state index in [1.807, 2.05) is 23.9 Å². The van der Waals surface area contributed by atoms with Gasteiger partial charge in [-0.3, -0.25) is 19.4 Å². The van der Waals surface area contributed by atoms with Crippen LogP contribution in [-0.2, 0) is 9.53 Å². The Labute approximate surface area is 284 Å². The molecule has 0 bridgehead atoms. The van der Waals surface area contributed by atoms with E-state index in [1.54, 1.807) is 18.3 Å². The van der Waals surface area contributed by atoms with Gasteiger partial charge >= 0.3 is 0 Å². The molecule has 0 unspecified atom stereocenters. The van der Waals surface area contributed by atoms with Crippen LogP contribution in [0.5, 0.6) is 11.5 Å². The number of nitrogens with one attached hydrogen (secondary N) is 2. The number of rotatable bonds is 14. The third-order valence-electron chi connectivity index (χ3n) is 8.84. The Bertz CT molecular complexity index is 1530. The fourth-order valence-corrected chi connectivity index (χ4v) is 6.20. The van der Waals surface area contributed by atoms with Gasteiger partial charge in [-0.05, 0) is 58.5 Å². The molecule has 0 spiro atoms. The third-order valence-corrected chi connectivity index (χ3v) is 8.84. The van der Waals surface area contributed by atoms with Gasteiger partial charge in [-0.1, -0.05) is 0 Å². The number of hydrogen-bond donors (Lipinski definition) is 6. The molecule has 6 N–H and O–H groups in total. The van der Waals surface area contributed by atoms with Gasteiger partial charge in [-0.25, -0.2) is 0 Å². The summed E-state index contributed by atoms with van der Waals surface area (Å²) < 4.78 is 18.4. The number of amides is 3. The van der Waals surface area contributed by atoms with E-state index in [2.05, 4.69) is 15.6 Å². The van der Waals surface area contributed by atoms with Crippen LogP contribution in [0, 0.1) is 0 Å². The second kappa shape index (κ2) is 16.1. The highest BCUT2D eigenvalue weighted by atomic mass is 16.6. The SMILES string of the molecule is COc1cc2c(cc1OCCCC(=O)Nc1cc(C(=O)NCCCN(C)C)n([C@H]3O[C@H](CO)[C@@H](O)[C@H](O)[C@H]3O)c1)N=C[C@H]1CCCN1C2=O. The topological polar surface area (TPSA) is 208 Å². The highest BCUT2D eigenvalue weighted by Gasteiger charge is 2.45. The van der Waals surface area contributed by atoms with E-state index < -0.39 is 43.2 Å². The van der Waals surface area contributed by atoms with Crippen molar-refractivity contribution in [3.63, 3.8) is 0 Å². The maximum absolute atomic E-state index is 13.2. The number of aliphatic hydroxyl groups excluding tert-OH is 4. The average Bonchev–Trinajstić information content (AvgIpc) is 3.71. The molecule has 16 nitrogen and oxygen atoms in total. The van der Waals surface area contributed by atoms with Crippen molar-refractivity contribution >= 4 is 35.3 Å². The van der Waals surface area contributed by atoms with E-state index in [1.165, 1.54) is 23.9 Å². The first-order chi connectivity index (χ1) is 23.5. The van der Waals surface area contributed by atoms with Crippen LogP contribution in [0.15, 0.2) is 29.4 Å². The molecule has 49 heavy (non-hydrogen) atoms. The van der Waals surface area contributed by atoms with Crippen molar-refractivity contribution in [3.8, 4) is 11.5 Å². The lowest BCUT2D eigenvalue weighted by atomic mass is 9.98.